The third kappa shape index (κ3) is 1.61. The molecule has 5 N–H and O–H groups in total. The number of rotatable bonds is 1. The molecule has 1 atom stereocenters. The average molecular weight is 157 g/mol. The van der Waals surface area contributed by atoms with E-state index < -0.39 is 0 Å². The molecule has 1 saturated heterocycles. The number of likely N-dealkylation sites (N-methyl/N-ethyl adjacent to an activating group) is 1. The van der Waals surface area contributed by atoms with Gasteiger partial charge < -0.3 is 11.3 Å². The van der Waals surface area contributed by atoms with Crippen molar-refractivity contribution in [1.82, 2.24) is 10.3 Å². The fourth-order valence-corrected chi connectivity index (χ4v) is 1.48. The molecule has 0 aromatic rings. The Balaban J connectivity index is 2.57. The molecule has 1 aliphatic heterocycles. The molecule has 0 aliphatic carbocycles. The normalized spacial score (nSPS) is 27.5. The van der Waals surface area contributed by atoms with Crippen LogP contribution in [0.4, 0.5) is 0 Å². The number of likely N-dealkylation sites (tertiary alicyclic amines) is 1. The Labute approximate surface area is 66.4 Å². The van der Waals surface area contributed by atoms with Crippen LogP contribution in [-0.4, -0.2) is 30.4 Å². The number of hydrazone groups is 1. The van der Waals surface area contributed by atoms with Crippen molar-refractivity contribution >= 4 is 5.84 Å². The molecule has 1 fully saturated rings. The van der Waals surface area contributed by atoms with Crippen molar-refractivity contribution in [3.63, 3.8) is 0 Å². The van der Waals surface area contributed by atoms with Gasteiger partial charge in [0.2, 0.25) is 0 Å². The number of nitrogens with one attached hydrogen (secondary N) is 1. The first-order valence-corrected chi connectivity index (χ1v) is 3.74. The molecular weight excluding hydrogens is 142 g/mol. The van der Waals surface area contributed by atoms with Gasteiger partial charge in [0.1, 0.15) is 0 Å². The first-order valence-electron chi connectivity index (χ1n) is 3.74. The van der Waals surface area contributed by atoms with Crippen LogP contribution in [0.15, 0.2) is 5.10 Å². The van der Waals surface area contributed by atoms with Crippen LogP contribution < -0.4 is 17.1 Å². The Bertz CT molecular complexity index is 155. The summed E-state index contributed by atoms with van der Waals surface area (Å²) >= 11 is 0. The van der Waals surface area contributed by atoms with Gasteiger partial charge in [0, 0.05) is 0 Å². The smallest absolute Gasteiger partial charge is 0.153 e. The van der Waals surface area contributed by atoms with Gasteiger partial charge in [0.25, 0.3) is 0 Å². The monoisotopic (exact) mass is 157 g/mol. The summed E-state index contributed by atoms with van der Waals surface area (Å²) in [6.45, 7) is 1.09. The third-order valence-corrected chi connectivity index (χ3v) is 2.12. The van der Waals surface area contributed by atoms with Gasteiger partial charge >= 0.3 is 0 Å². The van der Waals surface area contributed by atoms with Crippen molar-refractivity contribution in [2.45, 2.75) is 18.9 Å². The minimum absolute atomic E-state index is 0.282. The van der Waals surface area contributed by atoms with Crippen molar-refractivity contribution in [2.24, 2.45) is 16.8 Å². The number of amidine groups is 1. The Morgan fingerprint density at radius 1 is 1.73 bits per heavy atom. The number of hydrazine groups is 1. The maximum atomic E-state index is 5.24. The molecular formula is C6H15N5. The highest BCUT2D eigenvalue weighted by Gasteiger charge is 2.25. The summed E-state index contributed by atoms with van der Waals surface area (Å²) in [6, 6.07) is 0.282. The molecule has 1 aliphatic rings. The van der Waals surface area contributed by atoms with E-state index >= 15 is 0 Å². The van der Waals surface area contributed by atoms with Crippen LogP contribution in [0.2, 0.25) is 0 Å². The quantitative estimate of drug-likeness (QED) is 0.194. The third-order valence-electron chi connectivity index (χ3n) is 2.12. The lowest BCUT2D eigenvalue weighted by molar-refractivity contribution is 0.367. The highest BCUT2D eigenvalue weighted by molar-refractivity contribution is 5.86. The molecule has 5 heteroatoms. The molecule has 1 unspecified atom stereocenters. The second-order valence-corrected chi connectivity index (χ2v) is 2.80. The zero-order valence-corrected chi connectivity index (χ0v) is 6.75. The molecule has 1 heterocycles. The molecule has 0 saturated carbocycles. The Hall–Kier alpha value is -0.810. The molecule has 0 bridgehead atoms. The SMILES string of the molecule is CN1CCCC1/C(=N/N)NN. The lowest BCUT2D eigenvalue weighted by Gasteiger charge is -2.19. The fourth-order valence-electron chi connectivity index (χ4n) is 1.48. The summed E-state index contributed by atoms with van der Waals surface area (Å²) in [5, 5.41) is 3.58. The molecule has 0 radical (unpaired) electrons. The topological polar surface area (TPSA) is 79.7 Å². The number of nitrogens with zero attached hydrogens (tertiary/aromatic N) is 2. The molecule has 5 nitrogen and oxygen atoms in total. The minimum Gasteiger partial charge on any atom is -0.321 e. The predicted molar refractivity (Wildman–Crippen MR) is 44.6 cm³/mol. The van der Waals surface area contributed by atoms with Crippen LogP contribution in [0.5, 0.6) is 0 Å². The van der Waals surface area contributed by atoms with Crippen LogP contribution in [-0.2, 0) is 0 Å². The average Bonchev–Trinajstić information content (AvgIpc) is 2.40. The second-order valence-electron chi connectivity index (χ2n) is 2.80. The number of hydrogen-bond acceptors (Lipinski definition) is 4. The van der Waals surface area contributed by atoms with Gasteiger partial charge in [-0.2, -0.15) is 5.10 Å². The summed E-state index contributed by atoms with van der Waals surface area (Å²) in [4.78, 5) is 2.19. The van der Waals surface area contributed by atoms with Gasteiger partial charge in [-0.25, -0.2) is 5.84 Å². The van der Waals surface area contributed by atoms with Crippen LogP contribution >= 0.6 is 0 Å². The molecule has 64 valence electrons. The van der Waals surface area contributed by atoms with Gasteiger partial charge in [0.15, 0.2) is 5.84 Å². The molecule has 0 aromatic carbocycles. The Morgan fingerprint density at radius 3 is 2.82 bits per heavy atom. The second kappa shape index (κ2) is 3.54. The van der Waals surface area contributed by atoms with Crippen molar-refractivity contribution in [1.29, 1.82) is 0 Å². The van der Waals surface area contributed by atoms with Crippen LogP contribution in [0.3, 0.4) is 0 Å². The molecule has 11 heavy (non-hydrogen) atoms. The highest BCUT2D eigenvalue weighted by atomic mass is 15.3. The molecule has 1 rings (SSSR count). The lowest BCUT2D eigenvalue weighted by atomic mass is 10.2. The van der Waals surface area contributed by atoms with E-state index in [4.69, 9.17) is 11.7 Å². The maximum Gasteiger partial charge on any atom is 0.153 e. The summed E-state index contributed by atoms with van der Waals surface area (Å²) in [5.41, 5.74) is 2.51. The van der Waals surface area contributed by atoms with Crippen LogP contribution in [0.1, 0.15) is 12.8 Å². The van der Waals surface area contributed by atoms with Crippen molar-refractivity contribution in [3.05, 3.63) is 0 Å². The minimum atomic E-state index is 0.282. The first kappa shape index (κ1) is 8.29. The van der Waals surface area contributed by atoms with Crippen LogP contribution in [0.25, 0.3) is 0 Å². The van der Waals surface area contributed by atoms with Crippen LogP contribution in [0, 0.1) is 0 Å². The van der Waals surface area contributed by atoms with E-state index in [1.165, 1.54) is 6.42 Å². The number of hydrogen-bond donors (Lipinski definition) is 3. The van der Waals surface area contributed by atoms with E-state index in [9.17, 15) is 0 Å². The van der Waals surface area contributed by atoms with E-state index in [2.05, 4.69) is 15.4 Å². The zero-order chi connectivity index (χ0) is 8.27. The number of nitrogens with two attached hydrogens (primary N) is 2. The van der Waals surface area contributed by atoms with E-state index in [0.29, 0.717) is 5.84 Å². The summed E-state index contributed by atoms with van der Waals surface area (Å²) in [6.07, 6.45) is 2.26. The van der Waals surface area contributed by atoms with Gasteiger partial charge in [-0.1, -0.05) is 0 Å². The zero-order valence-electron chi connectivity index (χ0n) is 6.75. The Kier molecular flexibility index (Phi) is 2.67. The predicted octanol–water partition coefficient (Wildman–Crippen LogP) is -1.18. The van der Waals surface area contributed by atoms with Crippen molar-refractivity contribution in [2.75, 3.05) is 13.6 Å². The molecule has 0 aromatic heterocycles. The van der Waals surface area contributed by atoms with Gasteiger partial charge in [-0.3, -0.25) is 4.90 Å². The summed E-state index contributed by atoms with van der Waals surface area (Å²) in [7, 11) is 2.04. The molecule has 0 amide bonds. The maximum absolute atomic E-state index is 5.24. The molecule has 0 spiro atoms. The van der Waals surface area contributed by atoms with Gasteiger partial charge in [-0.15, -0.1) is 0 Å². The van der Waals surface area contributed by atoms with E-state index in [-0.39, 0.29) is 6.04 Å². The van der Waals surface area contributed by atoms with Gasteiger partial charge in [0.05, 0.1) is 6.04 Å². The highest BCUT2D eigenvalue weighted by Crippen LogP contribution is 2.14. The summed E-state index contributed by atoms with van der Waals surface area (Å²) < 4.78 is 0. The van der Waals surface area contributed by atoms with E-state index in [1.807, 2.05) is 7.05 Å². The fraction of sp³-hybridized carbons (Fsp3) is 0.833. The van der Waals surface area contributed by atoms with Crippen molar-refractivity contribution in [3.8, 4) is 0 Å². The summed E-state index contributed by atoms with van der Waals surface area (Å²) in [5.74, 6) is 11.1. The standard InChI is InChI=1S/C6H15N5/c1-11-4-2-3-5(11)6(9-7)10-8/h5H,2-4,7-8H2,1H3,(H,9,10). The van der Waals surface area contributed by atoms with Crippen molar-refractivity contribution < 1.29 is 0 Å². The first-order chi connectivity index (χ1) is 5.29. The Morgan fingerprint density at radius 2 is 2.45 bits per heavy atom. The van der Waals surface area contributed by atoms with Gasteiger partial charge in [-0.05, 0) is 26.4 Å². The van der Waals surface area contributed by atoms with E-state index in [0.717, 1.165) is 13.0 Å². The lowest BCUT2D eigenvalue weighted by Crippen LogP contribution is -2.45. The largest absolute Gasteiger partial charge is 0.321 e. The van der Waals surface area contributed by atoms with E-state index in [1.54, 1.807) is 0 Å².